The molecule has 0 saturated carbocycles. The number of rotatable bonds is 10. The Morgan fingerprint density at radius 3 is 2.38 bits per heavy atom. The highest BCUT2D eigenvalue weighted by molar-refractivity contribution is 5.81. The maximum atomic E-state index is 11.9. The molecule has 0 saturated heterocycles. The summed E-state index contributed by atoms with van der Waals surface area (Å²) in [5.74, 6) is -1.10. The summed E-state index contributed by atoms with van der Waals surface area (Å²) in [5, 5.41) is 14.0. The number of carboxylic acids is 1. The van der Waals surface area contributed by atoms with Crippen LogP contribution in [0.15, 0.2) is 0 Å². The third-order valence-electron chi connectivity index (χ3n) is 2.46. The van der Waals surface area contributed by atoms with Crippen molar-refractivity contribution in [3.63, 3.8) is 0 Å². The number of ether oxygens (including phenoxy) is 1. The normalized spacial score (nSPS) is 10.3. The van der Waals surface area contributed by atoms with E-state index >= 15 is 0 Å². The molecule has 0 aliphatic heterocycles. The van der Waals surface area contributed by atoms with Crippen molar-refractivity contribution in [3.05, 3.63) is 0 Å². The van der Waals surface area contributed by atoms with Gasteiger partial charge in [0.25, 0.3) is 0 Å². The minimum atomic E-state index is -1.07. The number of carbonyl (C=O) groups excluding carboxylic acids is 2. The molecule has 0 fully saturated rings. The van der Waals surface area contributed by atoms with Crippen LogP contribution in [-0.4, -0.2) is 67.8 Å². The lowest BCUT2D eigenvalue weighted by atomic mass is 10.2. The molecular formula is C13H25N3O5. The first-order valence-corrected chi connectivity index (χ1v) is 6.87. The third kappa shape index (κ3) is 10.6. The maximum Gasteiger partial charge on any atom is 0.323 e. The van der Waals surface area contributed by atoms with Gasteiger partial charge < -0.3 is 25.4 Å². The molecule has 8 nitrogen and oxygen atoms in total. The number of urea groups is 1. The molecule has 0 unspecified atom stereocenters. The number of aliphatic carboxylic acids is 1. The second-order valence-corrected chi connectivity index (χ2v) is 4.99. The third-order valence-corrected chi connectivity index (χ3v) is 2.46. The average molecular weight is 303 g/mol. The predicted molar refractivity (Wildman–Crippen MR) is 76.9 cm³/mol. The van der Waals surface area contributed by atoms with Gasteiger partial charge in [0.1, 0.15) is 6.54 Å². The maximum absolute atomic E-state index is 11.9. The standard InChI is InChI=1S/C13H25N3O5/c1-10(2)8-16(9-12(18)19)13(20)15-5-4-11(17)14-6-7-21-3/h10H,4-9H2,1-3H3,(H,14,17)(H,15,20)(H,18,19). The van der Waals surface area contributed by atoms with E-state index in [4.69, 9.17) is 9.84 Å². The molecule has 0 spiro atoms. The lowest BCUT2D eigenvalue weighted by Crippen LogP contribution is -2.45. The number of methoxy groups -OCH3 is 1. The van der Waals surface area contributed by atoms with E-state index in [0.29, 0.717) is 19.7 Å². The number of amides is 3. The van der Waals surface area contributed by atoms with Crippen LogP contribution in [0.2, 0.25) is 0 Å². The van der Waals surface area contributed by atoms with E-state index in [2.05, 4.69) is 10.6 Å². The van der Waals surface area contributed by atoms with Crippen molar-refractivity contribution >= 4 is 17.9 Å². The highest BCUT2D eigenvalue weighted by Crippen LogP contribution is 1.99. The molecule has 0 radical (unpaired) electrons. The Labute approximate surface area is 124 Å². The molecule has 0 aliphatic rings. The Kier molecular flexibility index (Phi) is 9.95. The highest BCUT2D eigenvalue weighted by atomic mass is 16.5. The number of hydrogen-bond acceptors (Lipinski definition) is 4. The van der Waals surface area contributed by atoms with Gasteiger partial charge in [-0.2, -0.15) is 0 Å². The number of carboxylic acid groups (broad SMARTS) is 1. The molecule has 122 valence electrons. The number of nitrogens with zero attached hydrogens (tertiary/aromatic N) is 1. The summed E-state index contributed by atoms with van der Waals surface area (Å²) in [6.07, 6.45) is 0.137. The van der Waals surface area contributed by atoms with Gasteiger partial charge in [0.2, 0.25) is 5.91 Å². The monoisotopic (exact) mass is 303 g/mol. The molecule has 0 aromatic rings. The zero-order chi connectivity index (χ0) is 16.3. The second kappa shape index (κ2) is 10.9. The van der Waals surface area contributed by atoms with Crippen molar-refractivity contribution in [2.24, 2.45) is 5.92 Å². The highest BCUT2D eigenvalue weighted by Gasteiger charge is 2.17. The largest absolute Gasteiger partial charge is 0.480 e. The van der Waals surface area contributed by atoms with Crippen LogP contribution in [0.5, 0.6) is 0 Å². The summed E-state index contributed by atoms with van der Waals surface area (Å²) >= 11 is 0. The summed E-state index contributed by atoms with van der Waals surface area (Å²) in [6.45, 7) is 4.78. The lowest BCUT2D eigenvalue weighted by Gasteiger charge is -2.23. The van der Waals surface area contributed by atoms with Gasteiger partial charge in [-0.3, -0.25) is 9.59 Å². The van der Waals surface area contributed by atoms with Gasteiger partial charge in [-0.05, 0) is 5.92 Å². The Morgan fingerprint density at radius 2 is 1.86 bits per heavy atom. The summed E-state index contributed by atoms with van der Waals surface area (Å²) in [5.41, 5.74) is 0. The van der Waals surface area contributed by atoms with Crippen LogP contribution in [0.3, 0.4) is 0 Å². The summed E-state index contributed by atoms with van der Waals surface area (Å²) in [7, 11) is 1.54. The Bertz CT molecular complexity index is 347. The van der Waals surface area contributed by atoms with Crippen LogP contribution in [0.25, 0.3) is 0 Å². The van der Waals surface area contributed by atoms with E-state index in [1.165, 1.54) is 12.0 Å². The molecular weight excluding hydrogens is 278 g/mol. The van der Waals surface area contributed by atoms with Crippen molar-refractivity contribution in [3.8, 4) is 0 Å². The smallest absolute Gasteiger partial charge is 0.323 e. The van der Waals surface area contributed by atoms with Crippen molar-refractivity contribution < 1.29 is 24.2 Å². The van der Waals surface area contributed by atoms with E-state index in [9.17, 15) is 14.4 Å². The summed E-state index contributed by atoms with van der Waals surface area (Å²) in [4.78, 5) is 35.2. The van der Waals surface area contributed by atoms with E-state index in [1.54, 1.807) is 0 Å². The molecule has 0 aromatic heterocycles. The van der Waals surface area contributed by atoms with Crippen LogP contribution < -0.4 is 10.6 Å². The number of carbonyl (C=O) groups is 3. The minimum Gasteiger partial charge on any atom is -0.480 e. The van der Waals surface area contributed by atoms with Gasteiger partial charge in [0.15, 0.2) is 0 Å². The first-order chi connectivity index (χ1) is 9.86. The molecule has 0 heterocycles. The topological polar surface area (TPSA) is 108 Å². The van der Waals surface area contributed by atoms with Crippen LogP contribution in [0, 0.1) is 5.92 Å². The molecule has 3 N–H and O–H groups in total. The zero-order valence-corrected chi connectivity index (χ0v) is 12.8. The van der Waals surface area contributed by atoms with Crippen molar-refractivity contribution in [1.29, 1.82) is 0 Å². The molecule has 21 heavy (non-hydrogen) atoms. The van der Waals surface area contributed by atoms with Crippen molar-refractivity contribution in [2.75, 3.05) is 39.9 Å². The summed E-state index contributed by atoms with van der Waals surface area (Å²) in [6, 6.07) is -0.476. The zero-order valence-electron chi connectivity index (χ0n) is 12.8. The fourth-order valence-corrected chi connectivity index (χ4v) is 1.60. The molecule has 0 aliphatic carbocycles. The molecule has 0 atom stereocenters. The van der Waals surface area contributed by atoms with Gasteiger partial charge in [-0.15, -0.1) is 0 Å². The molecule has 0 rings (SSSR count). The van der Waals surface area contributed by atoms with Gasteiger partial charge in [0.05, 0.1) is 6.61 Å². The van der Waals surface area contributed by atoms with E-state index in [-0.39, 0.29) is 31.3 Å². The molecule has 0 aromatic carbocycles. The van der Waals surface area contributed by atoms with Crippen LogP contribution >= 0.6 is 0 Å². The van der Waals surface area contributed by atoms with Gasteiger partial charge in [-0.1, -0.05) is 13.8 Å². The minimum absolute atomic E-state index is 0.137. The van der Waals surface area contributed by atoms with E-state index in [1.807, 2.05) is 13.8 Å². The quantitative estimate of drug-likeness (QED) is 0.488. The van der Waals surface area contributed by atoms with Gasteiger partial charge >= 0.3 is 12.0 Å². The first kappa shape index (κ1) is 19.2. The Balaban J connectivity index is 4.07. The van der Waals surface area contributed by atoms with E-state index < -0.39 is 12.0 Å². The lowest BCUT2D eigenvalue weighted by molar-refractivity contribution is -0.137. The fourth-order valence-electron chi connectivity index (χ4n) is 1.60. The molecule has 3 amide bonds. The van der Waals surface area contributed by atoms with Crippen LogP contribution in [0.1, 0.15) is 20.3 Å². The molecule has 8 heteroatoms. The van der Waals surface area contributed by atoms with Crippen LogP contribution in [0.4, 0.5) is 4.79 Å². The van der Waals surface area contributed by atoms with Crippen molar-refractivity contribution in [1.82, 2.24) is 15.5 Å². The van der Waals surface area contributed by atoms with Gasteiger partial charge in [0, 0.05) is 33.2 Å². The second-order valence-electron chi connectivity index (χ2n) is 4.99. The van der Waals surface area contributed by atoms with Crippen LogP contribution in [-0.2, 0) is 14.3 Å². The van der Waals surface area contributed by atoms with E-state index in [0.717, 1.165) is 0 Å². The Hall–Kier alpha value is -1.83. The summed E-state index contributed by atoms with van der Waals surface area (Å²) < 4.78 is 4.79. The Morgan fingerprint density at radius 1 is 1.19 bits per heavy atom. The fraction of sp³-hybridized carbons (Fsp3) is 0.769. The average Bonchev–Trinajstić information content (AvgIpc) is 2.37. The van der Waals surface area contributed by atoms with Crippen molar-refractivity contribution in [2.45, 2.75) is 20.3 Å². The SMILES string of the molecule is COCCNC(=O)CCNC(=O)N(CC(=O)O)CC(C)C. The predicted octanol–water partition coefficient (Wildman–Crippen LogP) is -0.109. The first-order valence-electron chi connectivity index (χ1n) is 6.87. The van der Waals surface area contributed by atoms with Gasteiger partial charge in [-0.25, -0.2) is 4.79 Å². The molecule has 0 bridgehead atoms. The number of hydrogen-bond donors (Lipinski definition) is 3. The number of nitrogens with one attached hydrogen (secondary N) is 2.